The van der Waals surface area contributed by atoms with Crippen LogP contribution < -0.4 is 5.32 Å². The molecule has 0 saturated carbocycles. The van der Waals surface area contributed by atoms with Crippen LogP contribution >= 0.6 is 0 Å². The highest BCUT2D eigenvalue weighted by Gasteiger charge is 2.42. The van der Waals surface area contributed by atoms with Gasteiger partial charge in [-0.3, -0.25) is 9.78 Å². The molecule has 1 aliphatic carbocycles. The monoisotopic (exact) mass is 402 g/mol. The van der Waals surface area contributed by atoms with Crippen LogP contribution in [0, 0.1) is 0 Å². The Morgan fingerprint density at radius 1 is 1.10 bits per heavy atom. The first-order valence-corrected chi connectivity index (χ1v) is 10.4. The normalized spacial score (nSPS) is 21.4. The molecule has 0 fully saturated rings. The first-order valence-electron chi connectivity index (χ1n) is 10.4. The minimum atomic E-state index is -0.516. The Labute approximate surface area is 176 Å². The van der Waals surface area contributed by atoms with Crippen molar-refractivity contribution >= 4 is 11.8 Å². The van der Waals surface area contributed by atoms with Gasteiger partial charge in [-0.25, -0.2) is 4.79 Å². The molecule has 0 saturated heterocycles. The topological polar surface area (TPSA) is 68.3 Å². The van der Waals surface area contributed by atoms with Crippen molar-refractivity contribution in [2.24, 2.45) is 0 Å². The van der Waals surface area contributed by atoms with E-state index in [0.717, 1.165) is 23.4 Å². The smallest absolute Gasteiger partial charge is 0.337 e. The number of aromatic nitrogens is 1. The van der Waals surface area contributed by atoms with Crippen LogP contribution in [0.5, 0.6) is 0 Å². The fraction of sp³-hybridized carbons (Fsp3) is 0.320. The van der Waals surface area contributed by atoms with Crippen LogP contribution in [0.2, 0.25) is 0 Å². The molecular formula is C25H26N2O3. The molecule has 0 radical (unpaired) electrons. The summed E-state index contributed by atoms with van der Waals surface area (Å²) in [6, 6.07) is 15.7. The summed E-state index contributed by atoms with van der Waals surface area (Å²) < 4.78 is 5.52. The molecule has 5 heteroatoms. The highest BCUT2D eigenvalue weighted by atomic mass is 16.5. The Bertz CT molecular complexity index is 1020. The molecule has 2 aromatic rings. The second-order valence-corrected chi connectivity index (χ2v) is 8.14. The van der Waals surface area contributed by atoms with E-state index in [2.05, 4.69) is 22.4 Å². The Morgan fingerprint density at radius 3 is 2.50 bits per heavy atom. The SMILES string of the molecule is CC1=C(C(=O)OC(C)C)[C@@H](c2ccccn2)C2=C(C[C@@H](c3ccccc3)CC2=O)N1. The predicted octanol–water partition coefficient (Wildman–Crippen LogP) is 4.39. The molecule has 1 aromatic heterocycles. The van der Waals surface area contributed by atoms with Crippen LogP contribution in [0.15, 0.2) is 77.3 Å². The molecule has 1 aromatic carbocycles. The summed E-state index contributed by atoms with van der Waals surface area (Å²) in [6.45, 7) is 5.51. The quantitative estimate of drug-likeness (QED) is 0.768. The maximum atomic E-state index is 13.4. The molecule has 2 heterocycles. The Hall–Kier alpha value is -3.21. The third-order valence-corrected chi connectivity index (χ3v) is 5.64. The number of ketones is 1. The van der Waals surface area contributed by atoms with Gasteiger partial charge in [-0.15, -0.1) is 0 Å². The summed E-state index contributed by atoms with van der Waals surface area (Å²) in [5.41, 5.74) is 4.55. The third-order valence-electron chi connectivity index (χ3n) is 5.64. The molecule has 1 N–H and O–H groups in total. The van der Waals surface area contributed by atoms with E-state index in [1.54, 1.807) is 6.20 Å². The summed E-state index contributed by atoms with van der Waals surface area (Å²) >= 11 is 0. The summed E-state index contributed by atoms with van der Waals surface area (Å²) in [6.07, 6.45) is 2.58. The number of allylic oxidation sites excluding steroid dienone is 3. The number of hydrogen-bond acceptors (Lipinski definition) is 5. The van der Waals surface area contributed by atoms with Gasteiger partial charge in [0.1, 0.15) is 0 Å². The van der Waals surface area contributed by atoms with Gasteiger partial charge in [0.05, 0.1) is 23.3 Å². The van der Waals surface area contributed by atoms with Gasteiger partial charge in [0, 0.05) is 29.6 Å². The number of esters is 1. The lowest BCUT2D eigenvalue weighted by Crippen LogP contribution is -2.36. The Kier molecular flexibility index (Phi) is 5.53. The maximum Gasteiger partial charge on any atom is 0.337 e. The van der Waals surface area contributed by atoms with Gasteiger partial charge in [0.25, 0.3) is 0 Å². The second kappa shape index (κ2) is 8.27. The van der Waals surface area contributed by atoms with Crippen molar-refractivity contribution in [1.82, 2.24) is 10.3 Å². The molecule has 0 bridgehead atoms. The highest BCUT2D eigenvalue weighted by Crippen LogP contribution is 2.45. The summed E-state index contributed by atoms with van der Waals surface area (Å²) in [5.74, 6) is -0.755. The fourth-order valence-corrected chi connectivity index (χ4v) is 4.39. The number of pyridine rings is 1. The molecule has 4 rings (SSSR count). The van der Waals surface area contributed by atoms with Crippen LogP contribution in [-0.4, -0.2) is 22.8 Å². The number of nitrogens with one attached hydrogen (secondary N) is 1. The van der Waals surface area contributed by atoms with Gasteiger partial charge < -0.3 is 10.1 Å². The van der Waals surface area contributed by atoms with Crippen molar-refractivity contribution in [2.45, 2.75) is 51.6 Å². The molecule has 154 valence electrons. The van der Waals surface area contributed by atoms with Crippen LogP contribution in [0.25, 0.3) is 0 Å². The van der Waals surface area contributed by atoms with E-state index in [4.69, 9.17) is 4.74 Å². The van der Waals surface area contributed by atoms with Gasteiger partial charge in [-0.1, -0.05) is 36.4 Å². The largest absolute Gasteiger partial charge is 0.460 e. The first kappa shape index (κ1) is 20.1. The summed E-state index contributed by atoms with van der Waals surface area (Å²) in [5, 5.41) is 3.36. The van der Waals surface area contributed by atoms with Crippen molar-refractivity contribution in [3.8, 4) is 0 Å². The number of Topliss-reactive ketones (excluding diaryl/α,β-unsaturated/α-hetero) is 1. The molecule has 0 unspecified atom stereocenters. The van der Waals surface area contributed by atoms with Gasteiger partial charge in [-0.05, 0) is 50.8 Å². The zero-order valence-corrected chi connectivity index (χ0v) is 17.5. The van der Waals surface area contributed by atoms with E-state index in [1.165, 1.54) is 0 Å². The van der Waals surface area contributed by atoms with E-state index in [0.29, 0.717) is 23.3 Å². The molecule has 1 aliphatic heterocycles. The zero-order chi connectivity index (χ0) is 21.3. The number of dihydropyridines is 1. The molecule has 2 aliphatic rings. The average molecular weight is 402 g/mol. The van der Waals surface area contributed by atoms with Crippen molar-refractivity contribution in [3.63, 3.8) is 0 Å². The van der Waals surface area contributed by atoms with Gasteiger partial charge in [-0.2, -0.15) is 0 Å². The molecule has 2 atom stereocenters. The van der Waals surface area contributed by atoms with Gasteiger partial charge >= 0.3 is 5.97 Å². The molecule has 5 nitrogen and oxygen atoms in total. The van der Waals surface area contributed by atoms with Crippen LogP contribution in [0.4, 0.5) is 0 Å². The van der Waals surface area contributed by atoms with Crippen LogP contribution in [0.3, 0.4) is 0 Å². The van der Waals surface area contributed by atoms with Crippen molar-refractivity contribution in [2.75, 3.05) is 0 Å². The minimum Gasteiger partial charge on any atom is -0.460 e. The Balaban J connectivity index is 1.78. The number of rotatable bonds is 4. The number of carbonyl (C=O) groups is 2. The predicted molar refractivity (Wildman–Crippen MR) is 114 cm³/mol. The standard InChI is InChI=1S/C25H26N2O3/c1-15(2)30-25(29)22-16(3)27-20-13-18(17-9-5-4-6-10-17)14-21(28)23(20)24(22)19-11-7-8-12-26-19/h4-12,15,18,24,27H,13-14H2,1-3H3/t18-,24-/m1/s1. The molecule has 0 spiro atoms. The number of benzene rings is 1. The second-order valence-electron chi connectivity index (χ2n) is 8.14. The van der Waals surface area contributed by atoms with Crippen LogP contribution in [0.1, 0.15) is 56.7 Å². The zero-order valence-electron chi connectivity index (χ0n) is 17.5. The number of hydrogen-bond donors (Lipinski definition) is 1. The molecular weight excluding hydrogens is 376 g/mol. The van der Waals surface area contributed by atoms with Crippen molar-refractivity contribution < 1.29 is 14.3 Å². The van der Waals surface area contributed by atoms with Crippen molar-refractivity contribution in [1.29, 1.82) is 0 Å². The molecule has 30 heavy (non-hydrogen) atoms. The van der Waals surface area contributed by atoms with Gasteiger partial charge in [0.2, 0.25) is 0 Å². The number of carbonyl (C=O) groups excluding carboxylic acids is 2. The minimum absolute atomic E-state index is 0.0515. The van der Waals surface area contributed by atoms with Crippen LogP contribution in [-0.2, 0) is 14.3 Å². The summed E-state index contributed by atoms with van der Waals surface area (Å²) in [7, 11) is 0. The lowest BCUT2D eigenvalue weighted by atomic mass is 9.73. The average Bonchev–Trinajstić information content (AvgIpc) is 2.73. The highest BCUT2D eigenvalue weighted by molar-refractivity contribution is 6.04. The maximum absolute atomic E-state index is 13.4. The summed E-state index contributed by atoms with van der Waals surface area (Å²) in [4.78, 5) is 30.9. The van der Waals surface area contributed by atoms with E-state index in [1.807, 2.05) is 57.2 Å². The first-order chi connectivity index (χ1) is 14.5. The number of ether oxygens (including phenoxy) is 1. The lowest BCUT2D eigenvalue weighted by molar-refractivity contribution is -0.143. The van der Waals surface area contributed by atoms with E-state index in [9.17, 15) is 9.59 Å². The third kappa shape index (κ3) is 3.80. The lowest BCUT2D eigenvalue weighted by Gasteiger charge is -2.36. The Morgan fingerprint density at radius 2 is 1.83 bits per heavy atom. The van der Waals surface area contributed by atoms with E-state index < -0.39 is 11.9 Å². The molecule has 0 amide bonds. The van der Waals surface area contributed by atoms with Gasteiger partial charge in [0.15, 0.2) is 5.78 Å². The van der Waals surface area contributed by atoms with E-state index in [-0.39, 0.29) is 17.8 Å². The number of nitrogens with zero attached hydrogens (tertiary/aromatic N) is 1. The fourth-order valence-electron chi connectivity index (χ4n) is 4.39. The van der Waals surface area contributed by atoms with E-state index >= 15 is 0 Å². The van der Waals surface area contributed by atoms with Crippen molar-refractivity contribution in [3.05, 3.63) is 88.5 Å².